The molecule has 28 heavy (non-hydrogen) atoms. The number of alkyl halides is 3. The predicted molar refractivity (Wildman–Crippen MR) is 94.2 cm³/mol. The Morgan fingerprint density at radius 2 is 1.29 bits per heavy atom. The van der Waals surface area contributed by atoms with E-state index in [0.717, 1.165) is 4.90 Å². The number of carbonyl (C=O) groups is 3. The minimum atomic E-state index is -4.97. The van der Waals surface area contributed by atoms with Crippen molar-refractivity contribution in [3.8, 4) is 0 Å². The van der Waals surface area contributed by atoms with Crippen LogP contribution in [0.2, 0.25) is 0 Å². The third kappa shape index (κ3) is 12.3. The summed E-state index contributed by atoms with van der Waals surface area (Å²) in [6.45, 7) is 10.1. The van der Waals surface area contributed by atoms with Gasteiger partial charge in [0.15, 0.2) is 0 Å². The zero-order valence-electron chi connectivity index (χ0n) is 17.0. The first kappa shape index (κ1) is 25.9. The lowest BCUT2D eigenvalue weighted by molar-refractivity contribution is -0.174. The van der Waals surface area contributed by atoms with E-state index >= 15 is 0 Å². The number of rotatable bonds is 7. The minimum absolute atomic E-state index is 0.0132. The highest BCUT2D eigenvalue weighted by Gasteiger charge is 2.38. The van der Waals surface area contributed by atoms with Gasteiger partial charge in [-0.15, -0.1) is 0 Å². The molecule has 0 rings (SSSR count). The van der Waals surface area contributed by atoms with Crippen LogP contribution in [0.1, 0.15) is 41.5 Å². The molecule has 0 spiro atoms. The van der Waals surface area contributed by atoms with E-state index < -0.39 is 35.5 Å². The van der Waals surface area contributed by atoms with E-state index in [9.17, 15) is 27.6 Å². The molecule has 0 heterocycles. The zero-order valence-corrected chi connectivity index (χ0v) is 17.0. The summed E-state index contributed by atoms with van der Waals surface area (Å²) < 4.78 is 46.3. The van der Waals surface area contributed by atoms with Crippen LogP contribution >= 0.6 is 0 Å². The van der Waals surface area contributed by atoms with E-state index in [1.54, 1.807) is 41.5 Å². The number of nitrogens with zero attached hydrogens (tertiary/aromatic N) is 1. The molecule has 0 bridgehead atoms. The van der Waals surface area contributed by atoms with Gasteiger partial charge >= 0.3 is 24.3 Å². The summed E-state index contributed by atoms with van der Waals surface area (Å²) in [4.78, 5) is 35.8. The van der Waals surface area contributed by atoms with E-state index in [2.05, 4.69) is 10.7 Å². The number of hydrazine groups is 1. The first-order chi connectivity index (χ1) is 12.5. The average Bonchev–Trinajstić information content (AvgIpc) is 2.44. The predicted octanol–water partition coefficient (Wildman–Crippen LogP) is 1.93. The molecular formula is C16H29F3N4O5. The third-order valence-electron chi connectivity index (χ3n) is 2.63. The maximum absolute atomic E-state index is 12.2. The molecule has 3 N–H and O–H groups in total. The van der Waals surface area contributed by atoms with E-state index in [1.165, 1.54) is 5.43 Å². The fourth-order valence-corrected chi connectivity index (χ4v) is 1.57. The molecule has 0 aliphatic carbocycles. The van der Waals surface area contributed by atoms with Gasteiger partial charge in [0.25, 0.3) is 0 Å². The van der Waals surface area contributed by atoms with Gasteiger partial charge in [0.2, 0.25) is 0 Å². The lowest BCUT2D eigenvalue weighted by Crippen LogP contribution is -2.48. The molecule has 12 heteroatoms. The highest BCUT2D eigenvalue weighted by Crippen LogP contribution is 2.14. The molecule has 0 saturated heterocycles. The van der Waals surface area contributed by atoms with Gasteiger partial charge in [0, 0.05) is 26.2 Å². The van der Waals surface area contributed by atoms with Crippen LogP contribution < -0.4 is 16.2 Å². The van der Waals surface area contributed by atoms with Gasteiger partial charge in [0.1, 0.15) is 11.2 Å². The summed E-state index contributed by atoms with van der Waals surface area (Å²) in [6, 6.07) is 0. The van der Waals surface area contributed by atoms with Crippen LogP contribution in [0.4, 0.5) is 22.8 Å². The van der Waals surface area contributed by atoms with Crippen LogP contribution in [0.15, 0.2) is 0 Å². The molecule has 0 aliphatic heterocycles. The molecule has 0 unspecified atom stereocenters. The Bertz CT molecular complexity index is 514. The number of nitrogens with one attached hydrogen (secondary N) is 3. The molecule has 0 aromatic carbocycles. The number of ether oxygens (including phenoxy) is 2. The normalized spacial score (nSPS) is 12.3. The van der Waals surface area contributed by atoms with Crippen LogP contribution in [0.5, 0.6) is 0 Å². The van der Waals surface area contributed by atoms with E-state index in [4.69, 9.17) is 9.47 Å². The van der Waals surface area contributed by atoms with Crippen molar-refractivity contribution < 1.29 is 37.0 Å². The van der Waals surface area contributed by atoms with Gasteiger partial charge in [-0.2, -0.15) is 13.2 Å². The summed E-state index contributed by atoms with van der Waals surface area (Å²) in [5, 5.41) is 2.81. The smallest absolute Gasteiger partial charge is 0.443 e. The lowest BCUT2D eigenvalue weighted by Gasteiger charge is -2.28. The first-order valence-electron chi connectivity index (χ1n) is 8.57. The highest BCUT2D eigenvalue weighted by molar-refractivity contribution is 5.88. The number of carbonyl (C=O) groups excluding carboxylic acids is 3. The number of hydrogen-bond donors (Lipinski definition) is 3. The van der Waals surface area contributed by atoms with Crippen LogP contribution in [0, 0.1) is 0 Å². The topological polar surface area (TPSA) is 109 Å². The Kier molecular flexibility index (Phi) is 9.68. The number of amides is 3. The first-order valence-corrected chi connectivity index (χ1v) is 8.57. The Hall–Kier alpha value is -2.08. The molecule has 9 nitrogen and oxygen atoms in total. The quantitative estimate of drug-likeness (QED) is 0.431. The maximum Gasteiger partial charge on any atom is 0.472 e. The minimum Gasteiger partial charge on any atom is -0.443 e. The second kappa shape index (κ2) is 10.5. The Labute approximate surface area is 162 Å². The van der Waals surface area contributed by atoms with Crippen LogP contribution in [-0.4, -0.2) is 66.6 Å². The van der Waals surface area contributed by atoms with E-state index in [1.807, 2.05) is 0 Å². The summed E-state index contributed by atoms with van der Waals surface area (Å²) in [6.07, 6.45) is -6.72. The summed E-state index contributed by atoms with van der Waals surface area (Å²) in [5.41, 5.74) is 1.98. The van der Waals surface area contributed by atoms with Crippen molar-refractivity contribution in [1.29, 1.82) is 0 Å². The molecule has 0 aliphatic rings. The summed E-state index contributed by atoms with van der Waals surface area (Å²) in [5.74, 6) is -2.10. The van der Waals surface area contributed by atoms with Crippen molar-refractivity contribution in [1.82, 2.24) is 21.1 Å². The van der Waals surface area contributed by atoms with Crippen molar-refractivity contribution >= 4 is 18.1 Å². The molecule has 0 fully saturated rings. The van der Waals surface area contributed by atoms with Crippen LogP contribution in [-0.2, 0) is 14.3 Å². The Morgan fingerprint density at radius 3 is 1.68 bits per heavy atom. The standard InChI is InChI=1S/C16H29F3N4O5/c1-14(2,3)27-12(25)23(13(26)28-15(4,5)6)10-9-20-7-8-21-22-11(24)16(17,18)19/h20-21H,7-10H2,1-6H3,(H,22,24). The fraction of sp³-hybridized carbons (Fsp3) is 0.812. The van der Waals surface area contributed by atoms with E-state index in [-0.39, 0.29) is 26.2 Å². The fourth-order valence-electron chi connectivity index (χ4n) is 1.57. The van der Waals surface area contributed by atoms with Crippen LogP contribution in [0.3, 0.4) is 0 Å². The summed E-state index contributed by atoms with van der Waals surface area (Å²) >= 11 is 0. The Morgan fingerprint density at radius 1 is 0.821 bits per heavy atom. The zero-order chi connectivity index (χ0) is 22.2. The monoisotopic (exact) mass is 414 g/mol. The average molecular weight is 414 g/mol. The molecule has 164 valence electrons. The van der Waals surface area contributed by atoms with Gasteiger partial charge in [-0.25, -0.2) is 19.9 Å². The molecule has 0 radical (unpaired) electrons. The summed E-state index contributed by atoms with van der Waals surface area (Å²) in [7, 11) is 0. The van der Waals surface area contributed by atoms with Crippen molar-refractivity contribution in [3.63, 3.8) is 0 Å². The molecule has 0 aromatic rings. The Balaban J connectivity index is 4.47. The molecule has 0 atom stereocenters. The second-order valence-corrected chi connectivity index (χ2v) is 7.74. The van der Waals surface area contributed by atoms with Gasteiger partial charge in [0.05, 0.1) is 0 Å². The molecule has 3 amide bonds. The number of hydrogen-bond acceptors (Lipinski definition) is 7. The van der Waals surface area contributed by atoms with Gasteiger partial charge in [-0.3, -0.25) is 10.2 Å². The van der Waals surface area contributed by atoms with Crippen molar-refractivity contribution in [2.24, 2.45) is 0 Å². The lowest BCUT2D eigenvalue weighted by atomic mass is 10.2. The number of imide groups is 1. The van der Waals surface area contributed by atoms with Crippen molar-refractivity contribution in [2.75, 3.05) is 26.2 Å². The third-order valence-corrected chi connectivity index (χ3v) is 2.63. The molecule has 0 saturated carbocycles. The largest absolute Gasteiger partial charge is 0.472 e. The van der Waals surface area contributed by atoms with E-state index in [0.29, 0.717) is 0 Å². The highest BCUT2D eigenvalue weighted by atomic mass is 19.4. The molecular weight excluding hydrogens is 385 g/mol. The van der Waals surface area contributed by atoms with Crippen molar-refractivity contribution in [2.45, 2.75) is 58.9 Å². The SMILES string of the molecule is CC(C)(C)OC(=O)N(CCNCCNNC(=O)C(F)(F)F)C(=O)OC(C)(C)C. The van der Waals surface area contributed by atoms with Crippen LogP contribution in [0.25, 0.3) is 0 Å². The van der Waals surface area contributed by atoms with Gasteiger partial charge in [-0.1, -0.05) is 0 Å². The van der Waals surface area contributed by atoms with Gasteiger partial charge < -0.3 is 14.8 Å². The molecule has 0 aromatic heterocycles. The second-order valence-electron chi connectivity index (χ2n) is 7.74. The maximum atomic E-state index is 12.2. The van der Waals surface area contributed by atoms with Gasteiger partial charge in [-0.05, 0) is 41.5 Å². The van der Waals surface area contributed by atoms with Crippen molar-refractivity contribution in [3.05, 3.63) is 0 Å². The number of halogens is 3.